The van der Waals surface area contributed by atoms with Crippen LogP contribution in [0.1, 0.15) is 56.5 Å². The van der Waals surface area contributed by atoms with Crippen LogP contribution in [0.5, 0.6) is 0 Å². The number of H-pyrrole nitrogens is 1. The Labute approximate surface area is 233 Å². The van der Waals surface area contributed by atoms with E-state index in [-0.39, 0.29) is 17.9 Å². The number of anilines is 1. The highest BCUT2D eigenvalue weighted by molar-refractivity contribution is 5.85. The number of amides is 1. The quantitative estimate of drug-likeness (QED) is 0.345. The molecule has 0 radical (unpaired) electrons. The molecule has 0 bridgehead atoms. The van der Waals surface area contributed by atoms with Crippen molar-refractivity contribution in [3.05, 3.63) is 47.8 Å². The van der Waals surface area contributed by atoms with Crippen molar-refractivity contribution in [3.8, 4) is 11.1 Å². The zero-order valence-corrected chi connectivity index (χ0v) is 23.6. The van der Waals surface area contributed by atoms with Gasteiger partial charge >= 0.3 is 0 Å². The summed E-state index contributed by atoms with van der Waals surface area (Å²) in [4.78, 5) is 19.9. The number of nitrogens with one attached hydrogen (secondary N) is 2. The van der Waals surface area contributed by atoms with E-state index in [0.29, 0.717) is 38.9 Å². The summed E-state index contributed by atoms with van der Waals surface area (Å²) >= 11 is 0. The number of aromatic nitrogens is 7. The summed E-state index contributed by atoms with van der Waals surface area (Å²) in [7, 11) is 1.68. The van der Waals surface area contributed by atoms with Gasteiger partial charge in [0.15, 0.2) is 0 Å². The first-order chi connectivity index (χ1) is 19.4. The molecule has 40 heavy (non-hydrogen) atoms. The number of fused-ring (bicyclic) bond motifs is 2. The molecule has 5 heterocycles. The van der Waals surface area contributed by atoms with E-state index < -0.39 is 5.54 Å². The maximum atomic E-state index is 13.4. The van der Waals surface area contributed by atoms with Gasteiger partial charge in [0.1, 0.15) is 5.54 Å². The summed E-state index contributed by atoms with van der Waals surface area (Å²) in [5.74, 6) is 0.723. The third kappa shape index (κ3) is 4.75. The average molecular weight is 548 g/mol. The van der Waals surface area contributed by atoms with Crippen LogP contribution in [-0.2, 0) is 26.2 Å². The number of aromatic amines is 1. The molecule has 1 amide bonds. The highest BCUT2D eigenvalue weighted by atomic mass is 16.5. The van der Waals surface area contributed by atoms with Gasteiger partial charge in [-0.05, 0) is 46.1 Å². The van der Waals surface area contributed by atoms with E-state index in [9.17, 15) is 4.79 Å². The lowest BCUT2D eigenvalue weighted by Crippen LogP contribution is -2.51. The van der Waals surface area contributed by atoms with Crippen molar-refractivity contribution in [1.29, 1.82) is 0 Å². The second kappa shape index (κ2) is 10.7. The Morgan fingerprint density at radius 2 is 2.10 bits per heavy atom. The maximum absolute atomic E-state index is 13.4. The smallest absolute Gasteiger partial charge is 0.250 e. The molecule has 212 valence electrons. The molecule has 1 unspecified atom stereocenters. The van der Waals surface area contributed by atoms with E-state index in [1.165, 1.54) is 11.3 Å². The minimum Gasteiger partial charge on any atom is -0.383 e. The SMILES string of the molecule is COC[C@H](C)Nc1ncc2c(-c3cnn(C(C)(C)C(=O)N4CCOCC4)c3)cc(C3CCCc4[nH]ncc43)n2n1. The fourth-order valence-electron chi connectivity index (χ4n) is 5.86. The number of hydrogen-bond donors (Lipinski definition) is 2. The van der Waals surface area contributed by atoms with Gasteiger partial charge in [0.05, 0.1) is 49.6 Å². The van der Waals surface area contributed by atoms with Crippen LogP contribution in [-0.4, -0.2) is 91.4 Å². The molecule has 2 atom stereocenters. The van der Waals surface area contributed by atoms with Crippen molar-refractivity contribution in [1.82, 2.24) is 39.5 Å². The van der Waals surface area contributed by atoms with Crippen molar-refractivity contribution in [2.75, 3.05) is 45.3 Å². The van der Waals surface area contributed by atoms with Gasteiger partial charge in [0, 0.05) is 60.7 Å². The molecule has 2 aliphatic rings. The Morgan fingerprint density at radius 3 is 2.90 bits per heavy atom. The van der Waals surface area contributed by atoms with Crippen LogP contribution in [0.3, 0.4) is 0 Å². The monoisotopic (exact) mass is 547 g/mol. The lowest BCUT2D eigenvalue weighted by molar-refractivity contribution is -0.143. The topological polar surface area (TPSA) is 127 Å². The Bertz CT molecular complexity index is 1500. The van der Waals surface area contributed by atoms with Crippen LogP contribution < -0.4 is 5.32 Å². The fourth-order valence-corrected chi connectivity index (χ4v) is 5.86. The summed E-state index contributed by atoms with van der Waals surface area (Å²) in [5.41, 5.74) is 5.40. The minimum atomic E-state index is -0.839. The largest absolute Gasteiger partial charge is 0.383 e. The zero-order chi connectivity index (χ0) is 27.9. The third-order valence-corrected chi connectivity index (χ3v) is 8.03. The maximum Gasteiger partial charge on any atom is 0.250 e. The van der Waals surface area contributed by atoms with Crippen LogP contribution >= 0.6 is 0 Å². The number of methoxy groups -OCH3 is 1. The van der Waals surface area contributed by atoms with Crippen LogP contribution in [0, 0.1) is 0 Å². The Morgan fingerprint density at radius 1 is 1.27 bits per heavy atom. The van der Waals surface area contributed by atoms with Gasteiger partial charge in [0.25, 0.3) is 0 Å². The fraction of sp³-hybridized carbons (Fsp3) is 0.536. The molecule has 0 aromatic carbocycles. The van der Waals surface area contributed by atoms with Crippen LogP contribution in [0.15, 0.2) is 30.9 Å². The molecule has 0 saturated carbocycles. The van der Waals surface area contributed by atoms with E-state index >= 15 is 0 Å². The van der Waals surface area contributed by atoms with Gasteiger partial charge in [-0.3, -0.25) is 14.6 Å². The lowest BCUT2D eigenvalue weighted by atomic mass is 9.85. The van der Waals surface area contributed by atoms with Crippen LogP contribution in [0.4, 0.5) is 5.95 Å². The number of aryl methyl sites for hydroxylation is 1. The molecule has 0 spiro atoms. The summed E-state index contributed by atoms with van der Waals surface area (Å²) < 4.78 is 14.5. The number of rotatable bonds is 8. The highest BCUT2D eigenvalue weighted by Gasteiger charge is 2.36. The molecule has 1 aliphatic carbocycles. The molecule has 1 saturated heterocycles. The average Bonchev–Trinajstić information content (AvgIpc) is 3.71. The molecular formula is C28H37N9O3. The van der Waals surface area contributed by atoms with E-state index in [1.54, 1.807) is 11.8 Å². The molecule has 2 N–H and O–H groups in total. The second-order valence-electron chi connectivity index (χ2n) is 11.2. The first-order valence-electron chi connectivity index (χ1n) is 14.0. The predicted molar refractivity (Wildman–Crippen MR) is 149 cm³/mol. The van der Waals surface area contributed by atoms with Crippen molar-refractivity contribution in [3.63, 3.8) is 0 Å². The Kier molecular flexibility index (Phi) is 7.05. The Balaban J connectivity index is 1.40. The first kappa shape index (κ1) is 26.5. The number of ether oxygens (including phenoxy) is 2. The predicted octanol–water partition coefficient (Wildman–Crippen LogP) is 2.82. The molecule has 4 aromatic heterocycles. The Hall–Kier alpha value is -3.77. The number of carbonyl (C=O) groups excluding carboxylic acids is 1. The molecule has 12 nitrogen and oxygen atoms in total. The number of nitrogens with zero attached hydrogens (tertiary/aromatic N) is 7. The molecule has 1 fully saturated rings. The van der Waals surface area contributed by atoms with Gasteiger partial charge in [0.2, 0.25) is 11.9 Å². The number of carbonyl (C=O) groups is 1. The normalized spacial score (nSPS) is 18.6. The molecule has 6 rings (SSSR count). The summed E-state index contributed by atoms with van der Waals surface area (Å²) in [5, 5.41) is 20.4. The standard InChI is InChI=1S/C28H37N9O3/c1-18(17-39-4)32-27-29-15-25-21(12-24(37(25)34-27)20-6-5-7-23-22(20)14-30-33-23)19-13-31-36(16-19)28(2,3)26(38)35-8-10-40-11-9-35/h12-16,18,20H,5-11,17H2,1-4H3,(H,30,33)(H,32,34)/t18-,20?/m0/s1. The molecule has 12 heteroatoms. The van der Waals surface area contributed by atoms with E-state index in [1.807, 2.05) is 55.0 Å². The molecule has 1 aliphatic heterocycles. The van der Waals surface area contributed by atoms with Gasteiger partial charge in [-0.15, -0.1) is 5.10 Å². The van der Waals surface area contributed by atoms with Gasteiger partial charge in [-0.1, -0.05) is 0 Å². The first-order valence-corrected chi connectivity index (χ1v) is 14.0. The van der Waals surface area contributed by atoms with Crippen molar-refractivity contribution in [2.45, 2.75) is 57.5 Å². The van der Waals surface area contributed by atoms with Crippen molar-refractivity contribution < 1.29 is 14.3 Å². The van der Waals surface area contributed by atoms with E-state index in [2.05, 4.69) is 31.7 Å². The van der Waals surface area contributed by atoms with Gasteiger partial charge in [-0.2, -0.15) is 10.2 Å². The molecular weight excluding hydrogens is 510 g/mol. The highest BCUT2D eigenvalue weighted by Crippen LogP contribution is 2.39. The van der Waals surface area contributed by atoms with Gasteiger partial charge in [-0.25, -0.2) is 9.50 Å². The van der Waals surface area contributed by atoms with Gasteiger partial charge < -0.3 is 19.7 Å². The van der Waals surface area contributed by atoms with Crippen LogP contribution in [0.2, 0.25) is 0 Å². The van der Waals surface area contributed by atoms with Crippen molar-refractivity contribution in [2.24, 2.45) is 0 Å². The number of hydrogen-bond acceptors (Lipinski definition) is 8. The lowest BCUT2D eigenvalue weighted by Gasteiger charge is -2.34. The zero-order valence-electron chi connectivity index (χ0n) is 23.6. The third-order valence-electron chi connectivity index (χ3n) is 8.03. The summed E-state index contributed by atoms with van der Waals surface area (Å²) in [6, 6.07) is 2.25. The summed E-state index contributed by atoms with van der Waals surface area (Å²) in [6.45, 7) is 8.72. The van der Waals surface area contributed by atoms with Crippen LogP contribution in [0.25, 0.3) is 16.6 Å². The molecule has 4 aromatic rings. The van der Waals surface area contributed by atoms with E-state index in [0.717, 1.165) is 41.6 Å². The second-order valence-corrected chi connectivity index (χ2v) is 11.2. The van der Waals surface area contributed by atoms with Crippen molar-refractivity contribution >= 4 is 17.4 Å². The van der Waals surface area contributed by atoms with E-state index in [4.69, 9.17) is 14.6 Å². The minimum absolute atomic E-state index is 0.0341. The number of morpholine rings is 1. The summed E-state index contributed by atoms with van der Waals surface area (Å²) in [6.07, 6.45) is 10.6.